The number of aliphatic carboxylic acids is 1. The first kappa shape index (κ1) is 16.4. The van der Waals surface area contributed by atoms with Gasteiger partial charge in [0.15, 0.2) is 0 Å². The van der Waals surface area contributed by atoms with Crippen molar-refractivity contribution in [2.45, 2.75) is 32.2 Å². The van der Waals surface area contributed by atoms with Gasteiger partial charge >= 0.3 is 5.97 Å². The van der Waals surface area contributed by atoms with Crippen molar-refractivity contribution < 1.29 is 23.4 Å². The Balaban J connectivity index is 2.58. The summed E-state index contributed by atoms with van der Waals surface area (Å²) in [6, 6.07) is 2.86. The van der Waals surface area contributed by atoms with Crippen LogP contribution < -0.4 is 10.1 Å². The van der Waals surface area contributed by atoms with Crippen molar-refractivity contribution in [1.82, 2.24) is 5.32 Å². The Labute approximate surface area is 116 Å². The summed E-state index contributed by atoms with van der Waals surface area (Å²) in [6.07, 6.45) is 0.985. The molecule has 1 aromatic rings. The van der Waals surface area contributed by atoms with E-state index < -0.39 is 23.1 Å². The standard InChI is InChI=1S/C14H19F2NO3/c1-3-5-17-14(2,13(18)19)4-6-20-12-8-10(15)7-11(16)9-12/h7-9,17H,3-6H2,1-2H3,(H,18,19). The van der Waals surface area contributed by atoms with E-state index in [4.69, 9.17) is 4.74 Å². The smallest absolute Gasteiger partial charge is 0.323 e. The van der Waals surface area contributed by atoms with E-state index in [9.17, 15) is 18.7 Å². The summed E-state index contributed by atoms with van der Waals surface area (Å²) in [7, 11) is 0. The Morgan fingerprint density at radius 3 is 2.45 bits per heavy atom. The van der Waals surface area contributed by atoms with Gasteiger partial charge in [0.25, 0.3) is 0 Å². The number of hydrogen-bond acceptors (Lipinski definition) is 3. The molecule has 1 rings (SSSR count). The van der Waals surface area contributed by atoms with Gasteiger partial charge in [0.05, 0.1) is 6.61 Å². The highest BCUT2D eigenvalue weighted by molar-refractivity contribution is 5.78. The van der Waals surface area contributed by atoms with E-state index in [0.717, 1.165) is 24.6 Å². The molecule has 0 aromatic heterocycles. The molecule has 0 radical (unpaired) electrons. The fourth-order valence-electron chi connectivity index (χ4n) is 1.66. The van der Waals surface area contributed by atoms with E-state index in [1.165, 1.54) is 0 Å². The number of carboxylic acid groups (broad SMARTS) is 1. The van der Waals surface area contributed by atoms with Crippen LogP contribution in [0.25, 0.3) is 0 Å². The molecule has 0 bridgehead atoms. The molecule has 20 heavy (non-hydrogen) atoms. The minimum atomic E-state index is -1.12. The number of carbonyl (C=O) groups is 1. The van der Waals surface area contributed by atoms with E-state index in [-0.39, 0.29) is 18.8 Å². The number of carboxylic acids is 1. The molecule has 0 amide bonds. The molecule has 2 N–H and O–H groups in total. The molecule has 0 aliphatic rings. The third kappa shape index (κ3) is 4.77. The fraction of sp³-hybridized carbons (Fsp3) is 0.500. The molecule has 0 spiro atoms. The molecule has 112 valence electrons. The van der Waals surface area contributed by atoms with Crippen LogP contribution >= 0.6 is 0 Å². The van der Waals surface area contributed by atoms with Crippen molar-refractivity contribution >= 4 is 5.97 Å². The second kappa shape index (κ2) is 7.19. The van der Waals surface area contributed by atoms with Crippen LogP contribution in [0.1, 0.15) is 26.7 Å². The zero-order valence-corrected chi connectivity index (χ0v) is 11.6. The Kier molecular flexibility index (Phi) is 5.88. The monoisotopic (exact) mass is 287 g/mol. The lowest BCUT2D eigenvalue weighted by Crippen LogP contribution is -2.50. The highest BCUT2D eigenvalue weighted by atomic mass is 19.1. The lowest BCUT2D eigenvalue weighted by molar-refractivity contribution is -0.144. The summed E-state index contributed by atoms with van der Waals surface area (Å²) in [6.45, 7) is 4.10. The second-order valence-corrected chi connectivity index (χ2v) is 4.77. The Morgan fingerprint density at radius 2 is 1.95 bits per heavy atom. The predicted octanol–water partition coefficient (Wildman–Crippen LogP) is 2.58. The number of benzene rings is 1. The van der Waals surface area contributed by atoms with E-state index in [0.29, 0.717) is 6.54 Å². The second-order valence-electron chi connectivity index (χ2n) is 4.77. The van der Waals surface area contributed by atoms with Crippen molar-refractivity contribution in [3.63, 3.8) is 0 Å². The highest BCUT2D eigenvalue weighted by Crippen LogP contribution is 2.17. The summed E-state index contributed by atoms with van der Waals surface area (Å²) in [5.74, 6) is -2.40. The molecule has 0 heterocycles. The molecule has 0 aliphatic carbocycles. The molecule has 1 atom stereocenters. The van der Waals surface area contributed by atoms with Crippen molar-refractivity contribution in [2.75, 3.05) is 13.2 Å². The summed E-state index contributed by atoms with van der Waals surface area (Å²) < 4.78 is 31.1. The fourth-order valence-corrected chi connectivity index (χ4v) is 1.66. The molecule has 0 aliphatic heterocycles. The van der Waals surface area contributed by atoms with Crippen molar-refractivity contribution in [2.24, 2.45) is 0 Å². The number of ether oxygens (including phenoxy) is 1. The summed E-state index contributed by atoms with van der Waals surface area (Å²) in [4.78, 5) is 11.2. The minimum absolute atomic E-state index is 0.0441. The van der Waals surface area contributed by atoms with Crippen LogP contribution in [-0.4, -0.2) is 29.8 Å². The van der Waals surface area contributed by atoms with Gasteiger partial charge in [-0.1, -0.05) is 6.92 Å². The highest BCUT2D eigenvalue weighted by Gasteiger charge is 2.32. The van der Waals surface area contributed by atoms with E-state index in [1.54, 1.807) is 6.92 Å². The maximum Gasteiger partial charge on any atom is 0.323 e. The van der Waals surface area contributed by atoms with Crippen molar-refractivity contribution in [1.29, 1.82) is 0 Å². The molecule has 0 saturated carbocycles. The number of hydrogen-bond donors (Lipinski definition) is 2. The predicted molar refractivity (Wildman–Crippen MR) is 70.8 cm³/mol. The third-order valence-corrected chi connectivity index (χ3v) is 2.94. The van der Waals surface area contributed by atoms with Crippen LogP contribution in [0.4, 0.5) is 8.78 Å². The molecule has 6 heteroatoms. The molecule has 4 nitrogen and oxygen atoms in total. The molecule has 0 fully saturated rings. The normalized spacial score (nSPS) is 13.8. The lowest BCUT2D eigenvalue weighted by Gasteiger charge is -2.26. The Morgan fingerprint density at radius 1 is 1.35 bits per heavy atom. The third-order valence-electron chi connectivity index (χ3n) is 2.94. The van der Waals surface area contributed by atoms with Gasteiger partial charge < -0.3 is 15.2 Å². The first-order chi connectivity index (χ1) is 9.37. The average Bonchev–Trinajstić information content (AvgIpc) is 2.35. The van der Waals surface area contributed by atoms with Crippen molar-refractivity contribution in [3.05, 3.63) is 29.8 Å². The summed E-state index contributed by atoms with van der Waals surface area (Å²) in [5.41, 5.74) is -1.12. The van der Waals surface area contributed by atoms with Gasteiger partial charge in [0, 0.05) is 24.6 Å². The molecular weight excluding hydrogens is 268 g/mol. The number of nitrogens with one attached hydrogen (secondary N) is 1. The van der Waals surface area contributed by atoms with Crippen LogP contribution in [0.3, 0.4) is 0 Å². The molecule has 1 unspecified atom stereocenters. The maximum absolute atomic E-state index is 13.0. The zero-order chi connectivity index (χ0) is 15.2. The van der Waals surface area contributed by atoms with Gasteiger partial charge in [-0.25, -0.2) is 8.78 Å². The first-order valence-corrected chi connectivity index (χ1v) is 6.44. The molecular formula is C14H19F2NO3. The van der Waals surface area contributed by atoms with Crippen LogP contribution in [0.5, 0.6) is 5.75 Å². The SMILES string of the molecule is CCCNC(C)(CCOc1cc(F)cc(F)c1)C(=O)O. The number of rotatable bonds is 8. The van der Waals surface area contributed by atoms with E-state index >= 15 is 0 Å². The van der Waals surface area contributed by atoms with Gasteiger partial charge in [0.1, 0.15) is 22.9 Å². The van der Waals surface area contributed by atoms with Crippen LogP contribution in [0, 0.1) is 11.6 Å². The molecule has 0 saturated heterocycles. The maximum atomic E-state index is 13.0. The Bertz CT molecular complexity index is 447. The largest absolute Gasteiger partial charge is 0.493 e. The van der Waals surface area contributed by atoms with E-state index in [2.05, 4.69) is 5.32 Å². The summed E-state index contributed by atoms with van der Waals surface area (Å²) >= 11 is 0. The number of halogens is 2. The Hall–Kier alpha value is -1.69. The van der Waals surface area contributed by atoms with Crippen LogP contribution in [0.2, 0.25) is 0 Å². The van der Waals surface area contributed by atoms with Gasteiger partial charge in [-0.05, 0) is 19.9 Å². The van der Waals surface area contributed by atoms with Crippen molar-refractivity contribution in [3.8, 4) is 5.75 Å². The first-order valence-electron chi connectivity index (χ1n) is 6.44. The molecule has 1 aromatic carbocycles. The van der Waals surface area contributed by atoms with Gasteiger partial charge in [-0.15, -0.1) is 0 Å². The average molecular weight is 287 g/mol. The quantitative estimate of drug-likeness (QED) is 0.771. The minimum Gasteiger partial charge on any atom is -0.493 e. The van der Waals surface area contributed by atoms with Gasteiger partial charge in [-0.3, -0.25) is 4.79 Å². The van der Waals surface area contributed by atoms with Crippen LogP contribution in [0.15, 0.2) is 18.2 Å². The van der Waals surface area contributed by atoms with Crippen LogP contribution in [-0.2, 0) is 4.79 Å². The van der Waals surface area contributed by atoms with E-state index in [1.807, 2.05) is 6.92 Å². The van der Waals surface area contributed by atoms with Gasteiger partial charge in [-0.2, -0.15) is 0 Å². The summed E-state index contributed by atoms with van der Waals surface area (Å²) in [5, 5.41) is 12.1. The lowest BCUT2D eigenvalue weighted by atomic mass is 9.98. The van der Waals surface area contributed by atoms with Gasteiger partial charge in [0.2, 0.25) is 0 Å². The zero-order valence-electron chi connectivity index (χ0n) is 11.6. The topological polar surface area (TPSA) is 58.6 Å².